The van der Waals surface area contributed by atoms with Crippen LogP contribution in [-0.2, 0) is 13.2 Å². The second kappa shape index (κ2) is 10.9. The molecule has 5 nitrogen and oxygen atoms in total. The van der Waals surface area contributed by atoms with Gasteiger partial charge in [-0.25, -0.2) is 4.39 Å². The van der Waals surface area contributed by atoms with E-state index < -0.39 is 5.82 Å². The molecule has 7 heteroatoms. The highest BCUT2D eigenvalue weighted by molar-refractivity contribution is 9.10. The fourth-order valence-electron chi connectivity index (χ4n) is 3.08. The topological polar surface area (TPSA) is 75.8 Å². The predicted octanol–water partition coefficient (Wildman–Crippen LogP) is 4.86. The Hall–Kier alpha value is -2.90. The molecule has 1 amide bonds. The van der Waals surface area contributed by atoms with Crippen LogP contribution in [0.5, 0.6) is 11.5 Å². The van der Waals surface area contributed by atoms with Crippen molar-refractivity contribution in [3.8, 4) is 11.5 Å². The standard InChI is InChI=1S/C24H24BrFN2O3/c25-20-9-7-19(21(26)14-20)15-28(12-4-11-27)24(30)18-8-10-23(22(29)13-18)31-16-17-5-2-1-3-6-17/h1-3,5-10,13-14,29H,4,11-12,15-16,27H2. The Morgan fingerprint density at radius 2 is 1.87 bits per heavy atom. The van der Waals surface area contributed by atoms with Crippen LogP contribution in [0.3, 0.4) is 0 Å². The van der Waals surface area contributed by atoms with Crippen LogP contribution < -0.4 is 10.5 Å². The highest BCUT2D eigenvalue weighted by atomic mass is 79.9. The van der Waals surface area contributed by atoms with E-state index in [9.17, 15) is 14.3 Å². The van der Waals surface area contributed by atoms with Gasteiger partial charge in [0.2, 0.25) is 0 Å². The molecule has 3 N–H and O–H groups in total. The van der Waals surface area contributed by atoms with E-state index in [1.54, 1.807) is 24.3 Å². The van der Waals surface area contributed by atoms with Crippen molar-refractivity contribution in [3.05, 3.63) is 93.7 Å². The minimum absolute atomic E-state index is 0.102. The third-order valence-electron chi connectivity index (χ3n) is 4.74. The number of benzene rings is 3. The van der Waals surface area contributed by atoms with Crippen LogP contribution in [0.4, 0.5) is 4.39 Å². The molecule has 0 atom stereocenters. The molecule has 0 aromatic heterocycles. The molecule has 0 unspecified atom stereocenters. The number of amides is 1. The number of carbonyl (C=O) groups is 1. The zero-order valence-corrected chi connectivity index (χ0v) is 18.5. The molecule has 3 rings (SSSR count). The lowest BCUT2D eigenvalue weighted by Gasteiger charge is -2.23. The van der Waals surface area contributed by atoms with Gasteiger partial charge >= 0.3 is 0 Å². The number of phenolic OH excluding ortho intramolecular Hbond substituents is 1. The smallest absolute Gasteiger partial charge is 0.254 e. The summed E-state index contributed by atoms with van der Waals surface area (Å²) in [5.41, 5.74) is 7.27. The minimum Gasteiger partial charge on any atom is -0.504 e. The SMILES string of the molecule is NCCCN(Cc1ccc(Br)cc1F)C(=O)c1ccc(OCc2ccccc2)c(O)c1. The first-order valence-corrected chi connectivity index (χ1v) is 10.7. The van der Waals surface area contributed by atoms with Gasteiger partial charge in [0.15, 0.2) is 11.5 Å². The number of hydrogen-bond acceptors (Lipinski definition) is 4. The maximum atomic E-state index is 14.3. The fourth-order valence-corrected chi connectivity index (χ4v) is 3.41. The molecule has 3 aromatic carbocycles. The van der Waals surface area contributed by atoms with Gasteiger partial charge in [-0.3, -0.25) is 4.79 Å². The van der Waals surface area contributed by atoms with Gasteiger partial charge in [-0.15, -0.1) is 0 Å². The third kappa shape index (κ3) is 6.29. The molecule has 0 bridgehead atoms. The largest absolute Gasteiger partial charge is 0.504 e. The van der Waals surface area contributed by atoms with Crippen LogP contribution in [0, 0.1) is 5.82 Å². The molecule has 3 aromatic rings. The number of ether oxygens (including phenoxy) is 1. The van der Waals surface area contributed by atoms with E-state index in [2.05, 4.69) is 15.9 Å². The van der Waals surface area contributed by atoms with Gasteiger partial charge in [0, 0.05) is 28.7 Å². The van der Waals surface area contributed by atoms with Gasteiger partial charge in [0.1, 0.15) is 12.4 Å². The molecule has 162 valence electrons. The Morgan fingerprint density at radius 3 is 2.55 bits per heavy atom. The van der Waals surface area contributed by atoms with Crippen LogP contribution in [0.15, 0.2) is 71.2 Å². The van der Waals surface area contributed by atoms with Crippen molar-refractivity contribution in [2.45, 2.75) is 19.6 Å². The zero-order valence-electron chi connectivity index (χ0n) is 16.9. The minimum atomic E-state index is -0.396. The van der Waals surface area contributed by atoms with Crippen LogP contribution in [0.2, 0.25) is 0 Å². The van der Waals surface area contributed by atoms with Gasteiger partial charge in [-0.2, -0.15) is 0 Å². The van der Waals surface area contributed by atoms with Gasteiger partial charge < -0.3 is 20.5 Å². The van der Waals surface area contributed by atoms with Gasteiger partial charge in [-0.05, 0) is 48.9 Å². The lowest BCUT2D eigenvalue weighted by Crippen LogP contribution is -2.32. The summed E-state index contributed by atoms with van der Waals surface area (Å²) in [6, 6.07) is 18.8. The number of nitrogens with two attached hydrogens (primary N) is 1. The van der Waals surface area contributed by atoms with Crippen molar-refractivity contribution in [3.63, 3.8) is 0 Å². The molecule has 0 spiro atoms. The maximum Gasteiger partial charge on any atom is 0.254 e. The highest BCUT2D eigenvalue weighted by Crippen LogP contribution is 2.28. The van der Waals surface area contributed by atoms with Crippen molar-refractivity contribution in [1.82, 2.24) is 4.90 Å². The van der Waals surface area contributed by atoms with E-state index in [1.165, 1.54) is 17.0 Å². The van der Waals surface area contributed by atoms with E-state index in [0.29, 0.717) is 41.7 Å². The number of hydrogen-bond donors (Lipinski definition) is 2. The quantitative estimate of drug-likeness (QED) is 0.452. The van der Waals surface area contributed by atoms with Gasteiger partial charge in [0.25, 0.3) is 5.91 Å². The highest BCUT2D eigenvalue weighted by Gasteiger charge is 2.19. The Bertz CT molecular complexity index is 1030. The van der Waals surface area contributed by atoms with E-state index in [4.69, 9.17) is 10.5 Å². The summed E-state index contributed by atoms with van der Waals surface area (Å²) in [6.45, 7) is 1.18. The second-order valence-electron chi connectivity index (χ2n) is 7.06. The van der Waals surface area contributed by atoms with Crippen LogP contribution >= 0.6 is 15.9 Å². The monoisotopic (exact) mass is 486 g/mol. The number of nitrogens with zero attached hydrogens (tertiary/aromatic N) is 1. The average molecular weight is 487 g/mol. The number of aromatic hydroxyl groups is 1. The molecule has 0 fully saturated rings. The van der Waals surface area contributed by atoms with E-state index in [0.717, 1.165) is 5.56 Å². The van der Waals surface area contributed by atoms with Crippen molar-refractivity contribution in [2.75, 3.05) is 13.1 Å². The summed E-state index contributed by atoms with van der Waals surface area (Å²) in [6.07, 6.45) is 0.578. The first kappa shape index (κ1) is 22.8. The summed E-state index contributed by atoms with van der Waals surface area (Å²) in [7, 11) is 0. The summed E-state index contributed by atoms with van der Waals surface area (Å²) in [5.74, 6) is -0.559. The Balaban J connectivity index is 1.74. The summed E-state index contributed by atoms with van der Waals surface area (Å²) in [5, 5.41) is 10.4. The molecular formula is C24H24BrFN2O3. The summed E-state index contributed by atoms with van der Waals surface area (Å²) in [4.78, 5) is 14.6. The van der Waals surface area contributed by atoms with E-state index in [1.807, 2.05) is 30.3 Å². The van der Waals surface area contributed by atoms with Crippen molar-refractivity contribution < 1.29 is 19.0 Å². The molecule has 0 saturated heterocycles. The zero-order chi connectivity index (χ0) is 22.2. The van der Waals surface area contributed by atoms with Crippen molar-refractivity contribution in [2.24, 2.45) is 5.73 Å². The Labute approximate surface area is 189 Å². The molecule has 0 aliphatic rings. The molecule has 31 heavy (non-hydrogen) atoms. The number of phenols is 1. The number of carbonyl (C=O) groups excluding carboxylic acids is 1. The Kier molecular flexibility index (Phi) is 8.03. The molecule has 0 radical (unpaired) electrons. The lowest BCUT2D eigenvalue weighted by atomic mass is 10.1. The molecule has 0 aliphatic carbocycles. The molecular weight excluding hydrogens is 463 g/mol. The predicted molar refractivity (Wildman–Crippen MR) is 121 cm³/mol. The number of rotatable bonds is 9. The third-order valence-corrected chi connectivity index (χ3v) is 5.23. The average Bonchev–Trinajstić information content (AvgIpc) is 2.77. The summed E-state index contributed by atoms with van der Waals surface area (Å²) >= 11 is 3.24. The molecule has 0 aliphatic heterocycles. The van der Waals surface area contributed by atoms with E-state index in [-0.39, 0.29) is 24.0 Å². The fraction of sp³-hybridized carbons (Fsp3) is 0.208. The first-order valence-electron chi connectivity index (χ1n) is 9.91. The normalized spacial score (nSPS) is 10.7. The van der Waals surface area contributed by atoms with Gasteiger partial charge in [-0.1, -0.05) is 52.3 Å². The molecule has 0 heterocycles. The molecule has 0 saturated carbocycles. The number of halogens is 2. The van der Waals surface area contributed by atoms with Crippen LogP contribution in [-0.4, -0.2) is 29.0 Å². The second-order valence-corrected chi connectivity index (χ2v) is 7.98. The lowest BCUT2D eigenvalue weighted by molar-refractivity contribution is 0.0740. The first-order chi connectivity index (χ1) is 15.0. The van der Waals surface area contributed by atoms with Gasteiger partial charge in [0.05, 0.1) is 0 Å². The van der Waals surface area contributed by atoms with E-state index >= 15 is 0 Å². The van der Waals surface area contributed by atoms with Crippen molar-refractivity contribution >= 4 is 21.8 Å². The van der Waals surface area contributed by atoms with Crippen LogP contribution in [0.1, 0.15) is 27.9 Å². The van der Waals surface area contributed by atoms with Crippen LogP contribution in [0.25, 0.3) is 0 Å². The Morgan fingerprint density at radius 1 is 1.10 bits per heavy atom. The van der Waals surface area contributed by atoms with Crippen molar-refractivity contribution in [1.29, 1.82) is 0 Å². The maximum absolute atomic E-state index is 14.3. The summed E-state index contributed by atoms with van der Waals surface area (Å²) < 4.78 is 20.6.